The van der Waals surface area contributed by atoms with Crippen LogP contribution in [0.4, 0.5) is 0 Å². The van der Waals surface area contributed by atoms with Gasteiger partial charge in [-0.15, -0.1) is 6.42 Å². The van der Waals surface area contributed by atoms with Gasteiger partial charge in [0.25, 0.3) is 0 Å². The van der Waals surface area contributed by atoms with Gasteiger partial charge in [-0.1, -0.05) is 24.6 Å². The molecule has 102 valence electrons. The van der Waals surface area contributed by atoms with Crippen LogP contribution in [0, 0.1) is 18.3 Å². The summed E-state index contributed by atoms with van der Waals surface area (Å²) in [6.07, 6.45) is 6.64. The first-order valence-corrected chi connectivity index (χ1v) is 6.69. The summed E-state index contributed by atoms with van der Waals surface area (Å²) in [4.78, 5) is 35.4. The second-order valence-electron chi connectivity index (χ2n) is 4.29. The molecule has 0 saturated heterocycles. The van der Waals surface area contributed by atoms with Crippen LogP contribution < -0.4 is 0 Å². The Morgan fingerprint density at radius 2 is 2.26 bits per heavy atom. The maximum Gasteiger partial charge on any atom is 0.330 e. The van der Waals surface area contributed by atoms with Crippen molar-refractivity contribution in [1.29, 1.82) is 0 Å². The predicted molar refractivity (Wildman–Crippen MR) is 72.4 cm³/mol. The minimum absolute atomic E-state index is 0.0710. The molecule has 0 aliphatic carbocycles. The zero-order valence-corrected chi connectivity index (χ0v) is 11.6. The molecule has 1 N–H and O–H groups in total. The number of terminal acetylenes is 1. The molecule has 0 aromatic heterocycles. The SMILES string of the molecule is C#CC1=CC(C(=O)O)N(C(=O)[C@H](C)CSC(C)=O)C1. The lowest BCUT2D eigenvalue weighted by Crippen LogP contribution is -2.44. The van der Waals surface area contributed by atoms with Gasteiger partial charge in [-0.3, -0.25) is 9.59 Å². The average molecular weight is 281 g/mol. The molecule has 1 rings (SSSR count). The van der Waals surface area contributed by atoms with Gasteiger partial charge in [0.2, 0.25) is 5.91 Å². The number of carbonyl (C=O) groups is 3. The molecular weight excluding hydrogens is 266 g/mol. The van der Waals surface area contributed by atoms with E-state index in [-0.39, 0.29) is 17.6 Å². The van der Waals surface area contributed by atoms with E-state index in [1.54, 1.807) is 6.92 Å². The molecule has 1 aliphatic rings. The molecule has 5 nitrogen and oxygen atoms in total. The van der Waals surface area contributed by atoms with Crippen molar-refractivity contribution in [1.82, 2.24) is 4.90 Å². The van der Waals surface area contributed by atoms with Crippen LogP contribution in [0.25, 0.3) is 0 Å². The Morgan fingerprint density at radius 3 is 2.74 bits per heavy atom. The number of rotatable bonds is 4. The fraction of sp³-hybridized carbons (Fsp3) is 0.462. The molecule has 2 atom stereocenters. The van der Waals surface area contributed by atoms with E-state index in [0.29, 0.717) is 11.3 Å². The van der Waals surface area contributed by atoms with Crippen molar-refractivity contribution in [2.24, 2.45) is 5.92 Å². The first-order chi connectivity index (χ1) is 8.86. The van der Waals surface area contributed by atoms with Crippen molar-refractivity contribution < 1.29 is 19.5 Å². The lowest BCUT2D eigenvalue weighted by Gasteiger charge is -2.24. The summed E-state index contributed by atoms with van der Waals surface area (Å²) in [5.74, 6) is 0.864. The van der Waals surface area contributed by atoms with E-state index < -0.39 is 17.9 Å². The number of thioether (sulfide) groups is 1. The molecule has 6 heteroatoms. The third kappa shape index (κ3) is 3.86. The fourth-order valence-corrected chi connectivity index (χ4v) is 2.35. The number of nitrogens with zero attached hydrogens (tertiary/aromatic N) is 1. The average Bonchev–Trinajstić information content (AvgIpc) is 2.79. The van der Waals surface area contributed by atoms with E-state index in [1.165, 1.54) is 17.9 Å². The van der Waals surface area contributed by atoms with Gasteiger partial charge < -0.3 is 10.0 Å². The maximum atomic E-state index is 12.2. The molecule has 1 unspecified atom stereocenters. The van der Waals surface area contributed by atoms with Crippen molar-refractivity contribution in [2.75, 3.05) is 12.3 Å². The number of hydrogen-bond donors (Lipinski definition) is 1. The van der Waals surface area contributed by atoms with Crippen LogP contribution in [0.2, 0.25) is 0 Å². The molecule has 1 aliphatic heterocycles. The zero-order valence-electron chi connectivity index (χ0n) is 10.8. The fourth-order valence-electron chi connectivity index (χ4n) is 1.73. The van der Waals surface area contributed by atoms with E-state index >= 15 is 0 Å². The number of amides is 1. The van der Waals surface area contributed by atoms with Crippen LogP contribution in [-0.2, 0) is 14.4 Å². The van der Waals surface area contributed by atoms with Crippen LogP contribution >= 0.6 is 11.8 Å². The predicted octanol–water partition coefficient (Wildman–Crippen LogP) is 0.757. The first-order valence-electron chi connectivity index (χ1n) is 5.70. The highest BCUT2D eigenvalue weighted by molar-refractivity contribution is 8.13. The zero-order chi connectivity index (χ0) is 14.6. The third-order valence-corrected chi connectivity index (χ3v) is 3.79. The Bertz CT molecular complexity index is 478. The lowest BCUT2D eigenvalue weighted by molar-refractivity contribution is -0.148. The Labute approximate surface area is 116 Å². The number of aliphatic carboxylic acids is 1. The Hall–Kier alpha value is -1.74. The highest BCUT2D eigenvalue weighted by Gasteiger charge is 2.35. The number of carboxylic acids is 1. The van der Waals surface area contributed by atoms with Crippen LogP contribution in [0.5, 0.6) is 0 Å². The van der Waals surface area contributed by atoms with Crippen molar-refractivity contribution >= 4 is 28.8 Å². The minimum atomic E-state index is -1.11. The quantitative estimate of drug-likeness (QED) is 0.770. The van der Waals surface area contributed by atoms with Gasteiger partial charge in [-0.2, -0.15) is 0 Å². The van der Waals surface area contributed by atoms with Crippen LogP contribution in [-0.4, -0.2) is 45.3 Å². The highest BCUT2D eigenvalue weighted by Crippen LogP contribution is 2.21. The highest BCUT2D eigenvalue weighted by atomic mass is 32.2. The van der Waals surface area contributed by atoms with E-state index in [4.69, 9.17) is 11.5 Å². The van der Waals surface area contributed by atoms with Gasteiger partial charge in [0.1, 0.15) is 6.04 Å². The molecule has 0 spiro atoms. The smallest absolute Gasteiger partial charge is 0.330 e. The summed E-state index contributed by atoms with van der Waals surface area (Å²) in [5.41, 5.74) is 0.493. The van der Waals surface area contributed by atoms with Crippen LogP contribution in [0.1, 0.15) is 13.8 Å². The van der Waals surface area contributed by atoms with E-state index in [0.717, 1.165) is 11.8 Å². The first kappa shape index (κ1) is 15.3. The van der Waals surface area contributed by atoms with Crippen molar-refractivity contribution in [3.63, 3.8) is 0 Å². The largest absolute Gasteiger partial charge is 0.479 e. The van der Waals surface area contributed by atoms with E-state index in [2.05, 4.69) is 5.92 Å². The molecule has 0 bridgehead atoms. The standard InChI is InChI=1S/C13H15NO4S/c1-4-10-5-11(13(17)18)14(6-10)12(16)8(2)7-19-9(3)15/h1,5,8,11H,6-7H2,2-3H3,(H,17,18)/t8-,11?/m1/s1. The molecule has 0 saturated carbocycles. The summed E-state index contributed by atoms with van der Waals surface area (Å²) in [7, 11) is 0. The molecule has 1 heterocycles. The van der Waals surface area contributed by atoms with Crippen molar-refractivity contribution in [3.05, 3.63) is 11.6 Å². The van der Waals surface area contributed by atoms with Gasteiger partial charge in [-0.05, 0) is 6.08 Å². The van der Waals surface area contributed by atoms with Gasteiger partial charge in [0.15, 0.2) is 5.12 Å². The summed E-state index contributed by atoms with van der Waals surface area (Å²) < 4.78 is 0. The second-order valence-corrected chi connectivity index (χ2v) is 5.49. The summed E-state index contributed by atoms with van der Waals surface area (Å²) in [5, 5.41) is 9.01. The lowest BCUT2D eigenvalue weighted by atomic mass is 10.1. The van der Waals surface area contributed by atoms with Gasteiger partial charge in [0, 0.05) is 24.2 Å². The summed E-state index contributed by atoms with van der Waals surface area (Å²) in [6, 6.07) is -1.01. The van der Waals surface area contributed by atoms with Crippen molar-refractivity contribution in [2.45, 2.75) is 19.9 Å². The molecule has 0 aromatic carbocycles. The molecule has 0 radical (unpaired) electrons. The Kier molecular flexibility index (Phi) is 5.19. The third-order valence-electron chi connectivity index (χ3n) is 2.72. The van der Waals surface area contributed by atoms with Gasteiger partial charge >= 0.3 is 5.97 Å². The molecule has 1 amide bonds. The minimum Gasteiger partial charge on any atom is -0.479 e. The van der Waals surface area contributed by atoms with Gasteiger partial charge in [-0.25, -0.2) is 4.79 Å². The molecule has 0 aromatic rings. The normalized spacial score (nSPS) is 19.5. The number of hydrogen-bond acceptors (Lipinski definition) is 4. The Morgan fingerprint density at radius 1 is 1.63 bits per heavy atom. The van der Waals surface area contributed by atoms with Crippen LogP contribution in [0.3, 0.4) is 0 Å². The molecular formula is C13H15NO4S. The number of carboxylic acid groups (broad SMARTS) is 1. The van der Waals surface area contributed by atoms with Gasteiger partial charge in [0.05, 0.1) is 6.54 Å². The topological polar surface area (TPSA) is 74.7 Å². The summed E-state index contributed by atoms with van der Waals surface area (Å²) in [6.45, 7) is 3.24. The second kappa shape index (κ2) is 6.43. The maximum absolute atomic E-state index is 12.2. The summed E-state index contributed by atoms with van der Waals surface area (Å²) >= 11 is 1.05. The van der Waals surface area contributed by atoms with Crippen LogP contribution in [0.15, 0.2) is 11.6 Å². The monoisotopic (exact) mass is 281 g/mol. The van der Waals surface area contributed by atoms with E-state index in [1.807, 2.05) is 0 Å². The van der Waals surface area contributed by atoms with Crippen molar-refractivity contribution in [3.8, 4) is 12.3 Å². The molecule has 0 fully saturated rings. The molecule has 19 heavy (non-hydrogen) atoms. The Balaban J connectivity index is 2.74. The van der Waals surface area contributed by atoms with E-state index in [9.17, 15) is 14.4 Å². The number of carbonyl (C=O) groups excluding carboxylic acids is 2.